The summed E-state index contributed by atoms with van der Waals surface area (Å²) in [5.41, 5.74) is 4.26. The second-order valence-electron chi connectivity index (χ2n) is 14.9. The summed E-state index contributed by atoms with van der Waals surface area (Å²) in [4.78, 5) is 26.4. The van der Waals surface area contributed by atoms with Crippen molar-refractivity contribution in [2.75, 3.05) is 25.0 Å². The van der Waals surface area contributed by atoms with Gasteiger partial charge in [0.25, 0.3) is 0 Å². The minimum atomic E-state index is -0.576. The summed E-state index contributed by atoms with van der Waals surface area (Å²) in [6.45, 7) is 13.6. The Kier molecular flexibility index (Phi) is 10.7. The molecule has 8 heteroatoms. The number of nitrogens with zero attached hydrogens (tertiary/aromatic N) is 1. The van der Waals surface area contributed by atoms with Crippen molar-refractivity contribution in [1.29, 1.82) is 0 Å². The molecular formula is C37H53N3O5. The van der Waals surface area contributed by atoms with Crippen molar-refractivity contribution in [1.82, 2.24) is 10.2 Å². The van der Waals surface area contributed by atoms with E-state index < -0.39 is 6.29 Å². The van der Waals surface area contributed by atoms with Crippen molar-refractivity contribution in [3.05, 3.63) is 65.2 Å². The highest BCUT2D eigenvalue weighted by molar-refractivity contribution is 5.90. The zero-order valence-corrected chi connectivity index (χ0v) is 27.8. The van der Waals surface area contributed by atoms with E-state index in [0.29, 0.717) is 29.8 Å². The van der Waals surface area contributed by atoms with Crippen LogP contribution in [0, 0.1) is 16.7 Å². The molecule has 45 heavy (non-hydrogen) atoms. The number of aliphatic hydroxyl groups excluding tert-OH is 1. The second kappa shape index (κ2) is 14.3. The molecule has 6 unspecified atom stereocenters. The molecule has 5 rings (SSSR count). The molecule has 3 aliphatic rings. The number of ether oxygens (including phenoxy) is 2. The van der Waals surface area contributed by atoms with Gasteiger partial charge < -0.3 is 25.2 Å². The fourth-order valence-electron chi connectivity index (χ4n) is 8.19. The Balaban J connectivity index is 1.29. The van der Waals surface area contributed by atoms with Gasteiger partial charge >= 0.3 is 0 Å². The van der Waals surface area contributed by atoms with Crippen LogP contribution in [0.15, 0.2) is 48.5 Å². The van der Waals surface area contributed by atoms with Crippen LogP contribution in [0.1, 0.15) is 109 Å². The minimum absolute atomic E-state index is 0.0107. The van der Waals surface area contributed by atoms with Crippen LogP contribution in [0.2, 0.25) is 0 Å². The highest BCUT2D eigenvalue weighted by Gasteiger charge is 2.51. The monoisotopic (exact) mass is 619 g/mol. The molecular weight excluding hydrogens is 566 g/mol. The standard InChI is InChI=1S/C37H53N3O5/c1-25-32(21-40-24-37(5)20-31(40)19-36(3,4)23-37)44-35(45-34(25)28-15-13-27(22-41)14-16-28)29-10-9-11-30(18-29)39-33(43)12-7-6-8-17-38-26(2)42/h9-11,13-16,18,25,31-32,34-35,41H,6-8,12,17,19-24H2,1-5H3,(H,38,42)(H,39,43). The second-order valence-corrected chi connectivity index (χ2v) is 14.9. The van der Waals surface area contributed by atoms with Crippen molar-refractivity contribution in [3.63, 3.8) is 0 Å². The average molecular weight is 620 g/mol. The van der Waals surface area contributed by atoms with Crippen LogP contribution in [0.3, 0.4) is 0 Å². The molecule has 246 valence electrons. The van der Waals surface area contributed by atoms with E-state index >= 15 is 0 Å². The number of hydrogen-bond acceptors (Lipinski definition) is 6. The highest BCUT2D eigenvalue weighted by Crippen LogP contribution is 2.53. The number of unbranched alkanes of at least 4 members (excludes halogenated alkanes) is 2. The predicted molar refractivity (Wildman–Crippen MR) is 176 cm³/mol. The van der Waals surface area contributed by atoms with Gasteiger partial charge in [-0.05, 0) is 66.2 Å². The molecule has 6 atom stereocenters. The SMILES string of the molecule is CC(=O)NCCCCCC(=O)Nc1cccc(C2OC(CN3CC4(C)CC3CC(C)(C)C4)C(C)C(c3ccc(CO)cc3)O2)c1. The normalized spacial score (nSPS) is 29.3. The van der Waals surface area contributed by atoms with Gasteiger partial charge in [-0.15, -0.1) is 0 Å². The lowest BCUT2D eigenvalue weighted by Crippen LogP contribution is -2.46. The van der Waals surface area contributed by atoms with Crippen LogP contribution in [-0.4, -0.2) is 53.6 Å². The molecule has 0 spiro atoms. The van der Waals surface area contributed by atoms with E-state index in [4.69, 9.17) is 9.47 Å². The van der Waals surface area contributed by atoms with Gasteiger partial charge in [-0.2, -0.15) is 0 Å². The minimum Gasteiger partial charge on any atom is -0.392 e. The number of rotatable bonds is 12. The number of carbonyl (C=O) groups excluding carboxylic acids is 2. The molecule has 8 nitrogen and oxygen atoms in total. The van der Waals surface area contributed by atoms with Gasteiger partial charge in [0.2, 0.25) is 11.8 Å². The maximum absolute atomic E-state index is 12.7. The first-order valence-electron chi connectivity index (χ1n) is 16.8. The maximum atomic E-state index is 12.7. The molecule has 2 aromatic rings. The first kappa shape index (κ1) is 33.6. The lowest BCUT2D eigenvalue weighted by atomic mass is 9.65. The number of hydrogen-bond donors (Lipinski definition) is 3. The lowest BCUT2D eigenvalue weighted by Gasteiger charge is -2.43. The van der Waals surface area contributed by atoms with Gasteiger partial charge in [0.05, 0.1) is 18.8 Å². The van der Waals surface area contributed by atoms with Crippen molar-refractivity contribution in [3.8, 4) is 0 Å². The molecule has 2 heterocycles. The summed E-state index contributed by atoms with van der Waals surface area (Å²) in [6, 6.07) is 16.4. The van der Waals surface area contributed by atoms with Gasteiger partial charge in [-0.1, -0.05) is 70.5 Å². The van der Waals surface area contributed by atoms with E-state index in [1.165, 1.54) is 26.2 Å². The van der Waals surface area contributed by atoms with Crippen LogP contribution in [0.5, 0.6) is 0 Å². The molecule has 3 fully saturated rings. The van der Waals surface area contributed by atoms with Gasteiger partial charge in [-0.25, -0.2) is 0 Å². The van der Waals surface area contributed by atoms with E-state index in [2.05, 4.69) is 55.4 Å². The van der Waals surface area contributed by atoms with E-state index in [0.717, 1.165) is 54.7 Å². The highest BCUT2D eigenvalue weighted by atomic mass is 16.7. The summed E-state index contributed by atoms with van der Waals surface area (Å²) in [7, 11) is 0. The zero-order valence-electron chi connectivity index (χ0n) is 27.8. The number of aliphatic hydroxyl groups is 1. The number of carbonyl (C=O) groups is 2. The predicted octanol–water partition coefficient (Wildman–Crippen LogP) is 6.51. The lowest BCUT2D eigenvalue weighted by molar-refractivity contribution is -0.276. The van der Waals surface area contributed by atoms with Crippen molar-refractivity contribution in [2.45, 2.75) is 111 Å². The summed E-state index contributed by atoms with van der Waals surface area (Å²) in [5.74, 6) is 0.0697. The Morgan fingerprint density at radius 1 is 1.00 bits per heavy atom. The molecule has 3 N–H and O–H groups in total. The molecule has 2 aliphatic heterocycles. The van der Waals surface area contributed by atoms with Crippen LogP contribution in [-0.2, 0) is 25.7 Å². The average Bonchev–Trinajstić information content (AvgIpc) is 3.23. The quantitative estimate of drug-likeness (QED) is 0.235. The molecule has 1 aliphatic carbocycles. The number of benzene rings is 2. The maximum Gasteiger partial charge on any atom is 0.224 e. The Hall–Kier alpha value is -2.78. The third-order valence-electron chi connectivity index (χ3n) is 9.96. The molecule has 2 saturated heterocycles. The van der Waals surface area contributed by atoms with Crippen LogP contribution in [0.4, 0.5) is 5.69 Å². The van der Waals surface area contributed by atoms with Crippen molar-refractivity contribution >= 4 is 17.5 Å². The van der Waals surface area contributed by atoms with Gasteiger partial charge in [-0.3, -0.25) is 14.5 Å². The largest absolute Gasteiger partial charge is 0.392 e. The van der Waals surface area contributed by atoms with Gasteiger partial charge in [0.15, 0.2) is 6.29 Å². The summed E-state index contributed by atoms with van der Waals surface area (Å²) < 4.78 is 13.5. The van der Waals surface area contributed by atoms with Crippen molar-refractivity contribution < 1.29 is 24.2 Å². The Bertz CT molecular complexity index is 1310. The summed E-state index contributed by atoms with van der Waals surface area (Å²) >= 11 is 0. The third-order valence-corrected chi connectivity index (χ3v) is 9.96. The third kappa shape index (κ3) is 8.73. The number of anilines is 1. The van der Waals surface area contributed by atoms with Gasteiger partial charge in [0, 0.05) is 56.2 Å². The van der Waals surface area contributed by atoms with E-state index in [1.807, 2.05) is 36.4 Å². The Labute approximate surface area is 269 Å². The van der Waals surface area contributed by atoms with E-state index in [9.17, 15) is 14.7 Å². The molecule has 0 aromatic heterocycles. The van der Waals surface area contributed by atoms with Crippen LogP contribution < -0.4 is 10.6 Å². The fourth-order valence-corrected chi connectivity index (χ4v) is 8.19. The van der Waals surface area contributed by atoms with E-state index in [1.54, 1.807) is 0 Å². The molecule has 0 radical (unpaired) electrons. The van der Waals surface area contributed by atoms with Crippen LogP contribution in [0.25, 0.3) is 0 Å². The molecule has 2 amide bonds. The Morgan fingerprint density at radius 2 is 1.78 bits per heavy atom. The number of likely N-dealkylation sites (tertiary alicyclic amines) is 1. The number of nitrogens with one attached hydrogen (secondary N) is 2. The number of amides is 2. The summed E-state index contributed by atoms with van der Waals surface area (Å²) in [6.07, 6.45) is 5.88. The summed E-state index contributed by atoms with van der Waals surface area (Å²) in [5, 5.41) is 15.4. The molecule has 2 bridgehead atoms. The Morgan fingerprint density at radius 3 is 2.51 bits per heavy atom. The topological polar surface area (TPSA) is 100 Å². The van der Waals surface area contributed by atoms with Gasteiger partial charge in [0.1, 0.15) is 0 Å². The zero-order chi connectivity index (χ0) is 32.2. The number of fused-ring (bicyclic) bond motifs is 2. The van der Waals surface area contributed by atoms with E-state index in [-0.39, 0.29) is 36.5 Å². The molecule has 1 saturated carbocycles. The first-order chi connectivity index (χ1) is 21.4. The van der Waals surface area contributed by atoms with Crippen molar-refractivity contribution in [2.24, 2.45) is 16.7 Å². The molecule has 2 aromatic carbocycles. The van der Waals surface area contributed by atoms with Crippen LogP contribution >= 0.6 is 0 Å². The first-order valence-corrected chi connectivity index (χ1v) is 16.8. The smallest absolute Gasteiger partial charge is 0.224 e. The fraction of sp³-hybridized carbons (Fsp3) is 0.622.